The third-order valence-electron chi connectivity index (χ3n) is 4.33. The molecule has 0 aliphatic rings. The number of anilines is 1. The summed E-state index contributed by atoms with van der Waals surface area (Å²) < 4.78 is 6.30. The summed E-state index contributed by atoms with van der Waals surface area (Å²) in [6, 6.07) is 20.3. The smallest absolute Gasteiger partial charge is 0.165 e. The standard InChI is InChI=1S/C22H18Cl2INO2/c1-28-18-9-2-14(3-10-18)22(27)13-21(15-4-11-19(23)20(24)12-15)26-17-7-5-16(25)6-8-17/h2-12,21,26H,13H2,1H3. The number of benzene rings is 3. The predicted octanol–water partition coefficient (Wildman–Crippen LogP) is 7.03. The molecule has 1 atom stereocenters. The molecule has 3 aromatic rings. The number of ketones is 1. The predicted molar refractivity (Wildman–Crippen MR) is 124 cm³/mol. The van der Waals surface area contributed by atoms with E-state index >= 15 is 0 Å². The molecular formula is C22H18Cl2INO2. The van der Waals surface area contributed by atoms with Crippen molar-refractivity contribution in [3.05, 3.63) is 91.5 Å². The maximum Gasteiger partial charge on any atom is 0.165 e. The van der Waals surface area contributed by atoms with E-state index in [-0.39, 0.29) is 18.2 Å². The lowest BCUT2D eigenvalue weighted by atomic mass is 9.97. The van der Waals surface area contributed by atoms with Crippen LogP contribution in [-0.2, 0) is 0 Å². The number of carbonyl (C=O) groups is 1. The summed E-state index contributed by atoms with van der Waals surface area (Å²) in [6.07, 6.45) is 0.274. The molecule has 3 nitrogen and oxygen atoms in total. The van der Waals surface area contributed by atoms with Crippen molar-refractivity contribution in [1.82, 2.24) is 0 Å². The number of hydrogen-bond donors (Lipinski definition) is 1. The average molecular weight is 526 g/mol. The van der Waals surface area contributed by atoms with Crippen LogP contribution in [0.4, 0.5) is 5.69 Å². The van der Waals surface area contributed by atoms with Crippen molar-refractivity contribution in [2.45, 2.75) is 12.5 Å². The van der Waals surface area contributed by atoms with Crippen LogP contribution < -0.4 is 10.1 Å². The first kappa shape index (κ1) is 21.0. The molecule has 0 saturated heterocycles. The number of hydrogen-bond acceptors (Lipinski definition) is 3. The van der Waals surface area contributed by atoms with Crippen LogP contribution >= 0.6 is 45.8 Å². The largest absolute Gasteiger partial charge is 0.497 e. The summed E-state index contributed by atoms with van der Waals surface area (Å²) in [6.45, 7) is 0. The fourth-order valence-corrected chi connectivity index (χ4v) is 3.47. The highest BCUT2D eigenvalue weighted by atomic mass is 127. The highest BCUT2D eigenvalue weighted by Crippen LogP contribution is 2.30. The van der Waals surface area contributed by atoms with Crippen LogP contribution in [0.1, 0.15) is 28.4 Å². The molecule has 0 saturated carbocycles. The molecule has 0 bridgehead atoms. The van der Waals surface area contributed by atoms with Gasteiger partial charge in [0.1, 0.15) is 5.75 Å². The van der Waals surface area contributed by atoms with E-state index in [1.165, 1.54) is 0 Å². The zero-order valence-electron chi connectivity index (χ0n) is 15.1. The Kier molecular flexibility index (Phi) is 7.21. The van der Waals surface area contributed by atoms with Crippen molar-refractivity contribution in [2.24, 2.45) is 0 Å². The summed E-state index contributed by atoms with van der Waals surface area (Å²) in [4.78, 5) is 12.9. The summed E-state index contributed by atoms with van der Waals surface area (Å²) >= 11 is 14.5. The van der Waals surface area contributed by atoms with E-state index in [0.717, 1.165) is 20.6 Å². The highest BCUT2D eigenvalue weighted by Gasteiger charge is 2.18. The van der Waals surface area contributed by atoms with Gasteiger partial charge in [0.15, 0.2) is 5.78 Å². The second-order valence-corrected chi connectivity index (χ2v) is 8.29. The first-order chi connectivity index (χ1) is 13.5. The van der Waals surface area contributed by atoms with Gasteiger partial charge in [0.2, 0.25) is 0 Å². The van der Waals surface area contributed by atoms with Gasteiger partial charge < -0.3 is 10.1 Å². The Morgan fingerprint density at radius 1 is 1.00 bits per heavy atom. The van der Waals surface area contributed by atoms with E-state index in [4.69, 9.17) is 27.9 Å². The van der Waals surface area contributed by atoms with Crippen LogP contribution in [0.3, 0.4) is 0 Å². The lowest BCUT2D eigenvalue weighted by Gasteiger charge is -2.21. The Morgan fingerprint density at radius 2 is 1.68 bits per heavy atom. The summed E-state index contributed by atoms with van der Waals surface area (Å²) in [5.74, 6) is 0.742. The molecule has 0 aliphatic heterocycles. The Bertz CT molecular complexity index is 959. The molecule has 0 spiro atoms. The van der Waals surface area contributed by atoms with E-state index in [0.29, 0.717) is 15.6 Å². The van der Waals surface area contributed by atoms with Crippen LogP contribution in [0.15, 0.2) is 66.7 Å². The molecule has 0 fully saturated rings. The molecule has 0 aliphatic carbocycles. The molecule has 144 valence electrons. The van der Waals surface area contributed by atoms with Gasteiger partial charge in [0.25, 0.3) is 0 Å². The molecular weight excluding hydrogens is 508 g/mol. The first-order valence-corrected chi connectivity index (χ1v) is 10.4. The van der Waals surface area contributed by atoms with Crippen molar-refractivity contribution in [1.29, 1.82) is 0 Å². The van der Waals surface area contributed by atoms with Gasteiger partial charge in [-0.25, -0.2) is 0 Å². The minimum Gasteiger partial charge on any atom is -0.497 e. The minimum absolute atomic E-state index is 0.0248. The van der Waals surface area contributed by atoms with Crippen molar-refractivity contribution >= 4 is 57.3 Å². The van der Waals surface area contributed by atoms with Crippen molar-refractivity contribution in [3.63, 3.8) is 0 Å². The molecule has 28 heavy (non-hydrogen) atoms. The van der Waals surface area contributed by atoms with Gasteiger partial charge in [-0.2, -0.15) is 0 Å². The first-order valence-electron chi connectivity index (χ1n) is 8.60. The quantitative estimate of drug-likeness (QED) is 0.266. The topological polar surface area (TPSA) is 38.3 Å². The summed E-state index contributed by atoms with van der Waals surface area (Å²) in [5.41, 5.74) is 2.46. The maximum atomic E-state index is 12.9. The van der Waals surface area contributed by atoms with E-state index < -0.39 is 0 Å². The molecule has 0 aromatic heterocycles. The van der Waals surface area contributed by atoms with Crippen LogP contribution in [0, 0.1) is 3.57 Å². The van der Waals surface area contributed by atoms with Gasteiger partial charge in [-0.15, -0.1) is 0 Å². The Hall–Kier alpha value is -1.76. The average Bonchev–Trinajstić information content (AvgIpc) is 2.71. The molecule has 1 unspecified atom stereocenters. The second kappa shape index (κ2) is 9.63. The van der Waals surface area contributed by atoms with Crippen molar-refractivity contribution in [3.8, 4) is 5.75 Å². The normalized spacial score (nSPS) is 11.7. The fraction of sp³-hybridized carbons (Fsp3) is 0.136. The number of rotatable bonds is 7. The number of carbonyl (C=O) groups excluding carboxylic acids is 1. The van der Waals surface area contributed by atoms with E-state index in [1.807, 2.05) is 30.3 Å². The molecule has 6 heteroatoms. The van der Waals surface area contributed by atoms with Crippen LogP contribution in [0.2, 0.25) is 10.0 Å². The van der Waals surface area contributed by atoms with Crippen LogP contribution in [0.5, 0.6) is 5.75 Å². The Labute approximate surface area is 188 Å². The Balaban J connectivity index is 1.86. The fourth-order valence-electron chi connectivity index (χ4n) is 2.81. The molecule has 0 heterocycles. The van der Waals surface area contributed by atoms with E-state index in [9.17, 15) is 4.79 Å². The van der Waals surface area contributed by atoms with Gasteiger partial charge in [-0.3, -0.25) is 4.79 Å². The third kappa shape index (κ3) is 5.40. The SMILES string of the molecule is COc1ccc(C(=O)CC(Nc2ccc(I)cc2)c2ccc(Cl)c(Cl)c2)cc1. The monoisotopic (exact) mass is 525 g/mol. The van der Waals surface area contributed by atoms with Crippen molar-refractivity contribution in [2.75, 3.05) is 12.4 Å². The van der Waals surface area contributed by atoms with Crippen molar-refractivity contribution < 1.29 is 9.53 Å². The second-order valence-electron chi connectivity index (χ2n) is 6.23. The van der Waals surface area contributed by atoms with E-state index in [2.05, 4.69) is 27.9 Å². The number of ether oxygens (including phenoxy) is 1. The van der Waals surface area contributed by atoms with Gasteiger partial charge in [0, 0.05) is 21.2 Å². The third-order valence-corrected chi connectivity index (χ3v) is 5.79. The molecule has 3 aromatic carbocycles. The zero-order valence-corrected chi connectivity index (χ0v) is 18.8. The molecule has 0 amide bonds. The lowest BCUT2D eigenvalue weighted by molar-refractivity contribution is 0.0976. The molecule has 3 rings (SSSR count). The number of Topliss-reactive ketones (excluding diaryl/α,β-unsaturated/α-hetero) is 1. The lowest BCUT2D eigenvalue weighted by Crippen LogP contribution is -2.16. The van der Waals surface area contributed by atoms with E-state index in [1.54, 1.807) is 43.5 Å². The number of halogens is 3. The molecule has 1 N–H and O–H groups in total. The minimum atomic E-state index is -0.246. The zero-order chi connectivity index (χ0) is 20.1. The highest BCUT2D eigenvalue weighted by molar-refractivity contribution is 14.1. The maximum absolute atomic E-state index is 12.9. The van der Waals surface area contributed by atoms with Gasteiger partial charge in [0.05, 0.1) is 23.2 Å². The van der Waals surface area contributed by atoms with Gasteiger partial charge in [-0.1, -0.05) is 29.3 Å². The Morgan fingerprint density at radius 3 is 2.29 bits per heavy atom. The van der Waals surface area contributed by atoms with Gasteiger partial charge >= 0.3 is 0 Å². The number of nitrogens with one attached hydrogen (secondary N) is 1. The molecule has 0 radical (unpaired) electrons. The van der Waals surface area contributed by atoms with Crippen LogP contribution in [0.25, 0.3) is 0 Å². The number of methoxy groups -OCH3 is 1. The van der Waals surface area contributed by atoms with Gasteiger partial charge in [-0.05, 0) is 88.8 Å². The summed E-state index contributed by atoms with van der Waals surface area (Å²) in [5, 5.41) is 4.39. The van der Waals surface area contributed by atoms with Crippen LogP contribution in [-0.4, -0.2) is 12.9 Å². The summed E-state index contributed by atoms with van der Waals surface area (Å²) in [7, 11) is 1.60.